The number of carbonyl (C=O) groups excluding carboxylic acids is 1. The van der Waals surface area contributed by atoms with E-state index in [0.29, 0.717) is 11.5 Å². The zero-order chi connectivity index (χ0) is 24.4. The molecule has 1 aromatic heterocycles. The number of nitrogens with two attached hydrogens (primary N) is 1. The molecule has 0 radical (unpaired) electrons. The first kappa shape index (κ1) is 24.1. The van der Waals surface area contributed by atoms with Crippen LogP contribution in [0.3, 0.4) is 0 Å². The second-order valence-corrected chi connectivity index (χ2v) is 7.99. The Hall–Kier alpha value is -3.07. The normalized spacial score (nSPS) is 27.0. The standard InChI is InChI=1S/C21H28N6O7/c1-2-33-21(32)13(7-11-3-5-12(29)6-4-11)25-27-10-24-19-15(18(27)22)23-9-26(19)20-17(31)16(30)14(8-28)34-20/h3-6,9-10,13-14,16-18,20,25,28-31H,2,7-8,22H2,1H3/t13-,14+,16?,17?,18?,20+/m0/s1. The van der Waals surface area contributed by atoms with E-state index in [9.17, 15) is 25.2 Å². The molecule has 184 valence electrons. The van der Waals surface area contributed by atoms with Gasteiger partial charge in [0.25, 0.3) is 0 Å². The highest BCUT2D eigenvalue weighted by Gasteiger charge is 2.45. The number of aliphatic imine (C=N–C) groups is 1. The summed E-state index contributed by atoms with van der Waals surface area (Å²) in [6, 6.07) is 5.67. The third-order valence-corrected chi connectivity index (χ3v) is 5.72. The number of nitrogens with one attached hydrogen (secondary N) is 1. The number of imidazole rings is 1. The Balaban J connectivity index is 1.52. The number of nitrogens with zero attached hydrogens (tertiary/aromatic N) is 4. The van der Waals surface area contributed by atoms with Crippen LogP contribution in [0.25, 0.3) is 0 Å². The highest BCUT2D eigenvalue weighted by molar-refractivity contribution is 5.76. The number of hydrazine groups is 1. The molecule has 4 rings (SSSR count). The summed E-state index contributed by atoms with van der Waals surface area (Å²) in [7, 11) is 0. The SMILES string of the molecule is CCOC(=O)[C@H](Cc1ccc(O)cc1)NN1C=Nc2c(ncn2[C@@H]2O[C@H](CO)C(O)C2O)C1N. The molecule has 3 heterocycles. The Kier molecular flexibility index (Phi) is 7.11. The van der Waals surface area contributed by atoms with Crippen molar-refractivity contribution in [3.8, 4) is 5.75 Å². The minimum Gasteiger partial charge on any atom is -0.508 e. The van der Waals surface area contributed by atoms with Crippen molar-refractivity contribution in [2.45, 2.75) is 50.1 Å². The van der Waals surface area contributed by atoms with Gasteiger partial charge in [-0.1, -0.05) is 12.1 Å². The molecule has 1 fully saturated rings. The highest BCUT2D eigenvalue weighted by atomic mass is 16.6. The van der Waals surface area contributed by atoms with Crippen LogP contribution < -0.4 is 11.2 Å². The number of rotatable bonds is 8. The van der Waals surface area contributed by atoms with E-state index < -0.39 is 49.3 Å². The van der Waals surface area contributed by atoms with Crippen molar-refractivity contribution >= 4 is 18.1 Å². The fraction of sp³-hybridized carbons (Fsp3) is 0.476. The quantitative estimate of drug-likeness (QED) is 0.251. The fourth-order valence-electron chi connectivity index (χ4n) is 3.91. The van der Waals surface area contributed by atoms with Gasteiger partial charge < -0.3 is 35.6 Å². The largest absolute Gasteiger partial charge is 0.508 e. The molecule has 7 N–H and O–H groups in total. The molecule has 0 amide bonds. The minimum absolute atomic E-state index is 0.117. The zero-order valence-electron chi connectivity index (χ0n) is 18.4. The molecular weight excluding hydrogens is 448 g/mol. The third-order valence-electron chi connectivity index (χ3n) is 5.72. The van der Waals surface area contributed by atoms with Crippen LogP contribution in [-0.4, -0.2) is 84.9 Å². The Morgan fingerprint density at radius 3 is 2.68 bits per heavy atom. The average molecular weight is 476 g/mol. The van der Waals surface area contributed by atoms with E-state index >= 15 is 0 Å². The number of phenolic OH excluding ortho intramolecular Hbond substituents is 1. The monoisotopic (exact) mass is 476 g/mol. The molecule has 0 aliphatic carbocycles. The van der Waals surface area contributed by atoms with Gasteiger partial charge in [0, 0.05) is 6.42 Å². The summed E-state index contributed by atoms with van der Waals surface area (Å²) in [5, 5.41) is 40.6. The number of phenols is 1. The number of aliphatic hydroxyl groups excluding tert-OH is 3. The molecule has 0 bridgehead atoms. The fourth-order valence-corrected chi connectivity index (χ4v) is 3.91. The second kappa shape index (κ2) is 10.0. The molecule has 2 aliphatic rings. The van der Waals surface area contributed by atoms with E-state index in [4.69, 9.17) is 15.2 Å². The number of aromatic hydroxyl groups is 1. The van der Waals surface area contributed by atoms with E-state index in [-0.39, 0.29) is 18.8 Å². The molecule has 34 heavy (non-hydrogen) atoms. The van der Waals surface area contributed by atoms with Gasteiger partial charge in [0.05, 0.1) is 19.5 Å². The molecule has 2 aliphatic heterocycles. The maximum Gasteiger partial charge on any atom is 0.325 e. The lowest BCUT2D eigenvalue weighted by atomic mass is 10.1. The number of ether oxygens (including phenoxy) is 2. The predicted molar refractivity (Wildman–Crippen MR) is 118 cm³/mol. The van der Waals surface area contributed by atoms with Gasteiger partial charge in [-0.2, -0.15) is 0 Å². The number of esters is 1. The van der Waals surface area contributed by atoms with Crippen LogP contribution in [0.15, 0.2) is 35.6 Å². The highest BCUT2D eigenvalue weighted by Crippen LogP contribution is 2.36. The van der Waals surface area contributed by atoms with Crippen molar-refractivity contribution in [2.75, 3.05) is 13.2 Å². The third kappa shape index (κ3) is 4.61. The summed E-state index contributed by atoms with van der Waals surface area (Å²) >= 11 is 0. The minimum atomic E-state index is -1.29. The van der Waals surface area contributed by atoms with E-state index in [1.165, 1.54) is 34.4 Å². The second-order valence-electron chi connectivity index (χ2n) is 7.99. The summed E-state index contributed by atoms with van der Waals surface area (Å²) in [6.07, 6.45) is -2.32. The summed E-state index contributed by atoms with van der Waals surface area (Å²) in [6.45, 7) is 1.45. The average Bonchev–Trinajstić information content (AvgIpc) is 3.38. The maximum absolute atomic E-state index is 12.6. The number of aromatic nitrogens is 2. The van der Waals surface area contributed by atoms with Gasteiger partial charge >= 0.3 is 5.97 Å². The molecule has 0 saturated carbocycles. The van der Waals surface area contributed by atoms with Gasteiger partial charge in [-0.05, 0) is 24.6 Å². The first-order valence-corrected chi connectivity index (χ1v) is 10.8. The Morgan fingerprint density at radius 2 is 2.03 bits per heavy atom. The Bertz CT molecular complexity index is 1030. The molecule has 13 nitrogen and oxygen atoms in total. The van der Waals surface area contributed by atoms with Crippen LogP contribution in [-0.2, 0) is 20.7 Å². The smallest absolute Gasteiger partial charge is 0.325 e. The molecule has 0 spiro atoms. The van der Waals surface area contributed by atoms with Crippen molar-refractivity contribution in [1.82, 2.24) is 20.0 Å². The van der Waals surface area contributed by atoms with Gasteiger partial charge in [-0.15, -0.1) is 0 Å². The van der Waals surface area contributed by atoms with Gasteiger partial charge in [0.1, 0.15) is 48.3 Å². The van der Waals surface area contributed by atoms with Crippen LogP contribution in [0.5, 0.6) is 5.75 Å². The zero-order valence-corrected chi connectivity index (χ0v) is 18.4. The van der Waals surface area contributed by atoms with Crippen molar-refractivity contribution in [1.29, 1.82) is 0 Å². The van der Waals surface area contributed by atoms with Gasteiger partial charge in [-0.3, -0.25) is 14.4 Å². The van der Waals surface area contributed by atoms with Crippen molar-refractivity contribution in [3.05, 3.63) is 41.9 Å². The lowest BCUT2D eigenvalue weighted by molar-refractivity contribution is -0.147. The lowest BCUT2D eigenvalue weighted by Crippen LogP contribution is -2.53. The van der Waals surface area contributed by atoms with Crippen molar-refractivity contribution < 1.29 is 34.7 Å². The van der Waals surface area contributed by atoms with E-state index in [0.717, 1.165) is 5.56 Å². The van der Waals surface area contributed by atoms with Crippen molar-refractivity contribution in [3.63, 3.8) is 0 Å². The molecule has 13 heteroatoms. The summed E-state index contributed by atoms with van der Waals surface area (Å²) in [5.41, 5.74) is 10.5. The molecule has 1 aromatic carbocycles. The maximum atomic E-state index is 12.6. The van der Waals surface area contributed by atoms with Gasteiger partial charge in [0.15, 0.2) is 12.0 Å². The molecule has 1 saturated heterocycles. The summed E-state index contributed by atoms with van der Waals surface area (Å²) in [5.74, 6) is -0.0579. The lowest BCUT2D eigenvalue weighted by Gasteiger charge is -2.32. The van der Waals surface area contributed by atoms with Crippen LogP contribution in [0.1, 0.15) is 30.6 Å². The van der Waals surface area contributed by atoms with Gasteiger partial charge in [-0.25, -0.2) is 15.4 Å². The van der Waals surface area contributed by atoms with E-state index in [1.54, 1.807) is 19.1 Å². The number of aliphatic hydroxyl groups is 3. The summed E-state index contributed by atoms with van der Waals surface area (Å²) < 4.78 is 12.2. The molecule has 3 unspecified atom stereocenters. The number of carbonyl (C=O) groups is 1. The molecule has 2 aromatic rings. The van der Waals surface area contributed by atoms with Crippen LogP contribution in [0.2, 0.25) is 0 Å². The summed E-state index contributed by atoms with van der Waals surface area (Å²) in [4.78, 5) is 21.2. The van der Waals surface area contributed by atoms with Crippen LogP contribution in [0.4, 0.5) is 5.82 Å². The van der Waals surface area contributed by atoms with Gasteiger partial charge in [0.2, 0.25) is 0 Å². The predicted octanol–water partition coefficient (Wildman–Crippen LogP) is -1.19. The number of benzene rings is 1. The number of fused-ring (bicyclic) bond motifs is 1. The van der Waals surface area contributed by atoms with E-state index in [2.05, 4.69) is 15.4 Å². The molecule has 6 atom stereocenters. The first-order valence-electron chi connectivity index (χ1n) is 10.8. The Morgan fingerprint density at radius 1 is 1.29 bits per heavy atom. The number of hydrogen-bond donors (Lipinski definition) is 6. The van der Waals surface area contributed by atoms with Crippen molar-refractivity contribution in [2.24, 2.45) is 10.7 Å². The molecular formula is C21H28N6O7. The van der Waals surface area contributed by atoms with E-state index in [1.807, 2.05) is 0 Å². The van der Waals surface area contributed by atoms with Crippen LogP contribution >= 0.6 is 0 Å². The number of hydrogen-bond acceptors (Lipinski definition) is 12. The Labute approximate surface area is 195 Å². The van der Waals surface area contributed by atoms with Crippen LogP contribution in [0, 0.1) is 0 Å². The topological polar surface area (TPSA) is 188 Å². The first-order chi connectivity index (χ1) is 16.3.